The van der Waals surface area contributed by atoms with Crippen LogP contribution in [0.25, 0.3) is 6.08 Å². The number of unbranched alkanes of at least 4 members (excludes halogenated alkanes) is 2. The standard InChI is InChI=1S/C17H24O3/c1-3-5-13-19-16-10-7-15(8-11-16)9-12-17(18)20-14-6-4-2/h7-12H,3-6,13-14H2,1-2H3. The van der Waals surface area contributed by atoms with Gasteiger partial charge < -0.3 is 9.47 Å². The molecule has 0 aliphatic rings. The number of ether oxygens (including phenoxy) is 2. The van der Waals surface area contributed by atoms with Gasteiger partial charge in [0.25, 0.3) is 0 Å². The van der Waals surface area contributed by atoms with Crippen LogP contribution in [0.15, 0.2) is 30.3 Å². The van der Waals surface area contributed by atoms with Gasteiger partial charge in [0, 0.05) is 6.08 Å². The molecule has 110 valence electrons. The van der Waals surface area contributed by atoms with Gasteiger partial charge in [-0.05, 0) is 36.6 Å². The zero-order valence-electron chi connectivity index (χ0n) is 12.4. The molecule has 0 saturated heterocycles. The lowest BCUT2D eigenvalue weighted by Crippen LogP contribution is -2.01. The smallest absolute Gasteiger partial charge is 0.330 e. The Morgan fingerprint density at radius 3 is 2.35 bits per heavy atom. The van der Waals surface area contributed by atoms with Crippen molar-refractivity contribution in [1.29, 1.82) is 0 Å². The third-order valence-corrected chi connectivity index (χ3v) is 2.80. The van der Waals surface area contributed by atoms with Crippen molar-refractivity contribution in [1.82, 2.24) is 0 Å². The van der Waals surface area contributed by atoms with Crippen LogP contribution in [0.2, 0.25) is 0 Å². The van der Waals surface area contributed by atoms with E-state index in [0.717, 1.165) is 43.6 Å². The van der Waals surface area contributed by atoms with Crippen LogP contribution in [0, 0.1) is 0 Å². The minimum absolute atomic E-state index is 0.290. The molecule has 0 amide bonds. The number of benzene rings is 1. The summed E-state index contributed by atoms with van der Waals surface area (Å²) in [6, 6.07) is 7.68. The minimum atomic E-state index is -0.290. The van der Waals surface area contributed by atoms with Crippen molar-refractivity contribution in [3.63, 3.8) is 0 Å². The summed E-state index contributed by atoms with van der Waals surface area (Å²) in [7, 11) is 0. The van der Waals surface area contributed by atoms with Crippen molar-refractivity contribution in [3.05, 3.63) is 35.9 Å². The molecule has 0 atom stereocenters. The molecule has 1 rings (SSSR count). The zero-order valence-corrected chi connectivity index (χ0v) is 12.4. The number of hydrogen-bond acceptors (Lipinski definition) is 3. The topological polar surface area (TPSA) is 35.5 Å². The lowest BCUT2D eigenvalue weighted by molar-refractivity contribution is -0.137. The van der Waals surface area contributed by atoms with E-state index >= 15 is 0 Å². The van der Waals surface area contributed by atoms with Gasteiger partial charge in [-0.3, -0.25) is 0 Å². The second-order valence-electron chi connectivity index (χ2n) is 4.63. The lowest BCUT2D eigenvalue weighted by Gasteiger charge is -2.05. The molecule has 0 heterocycles. The summed E-state index contributed by atoms with van der Waals surface area (Å²) in [4.78, 5) is 11.4. The van der Waals surface area contributed by atoms with Gasteiger partial charge in [-0.2, -0.15) is 0 Å². The molecule has 20 heavy (non-hydrogen) atoms. The minimum Gasteiger partial charge on any atom is -0.494 e. The quantitative estimate of drug-likeness (QED) is 0.385. The van der Waals surface area contributed by atoms with Gasteiger partial charge >= 0.3 is 5.97 Å². The van der Waals surface area contributed by atoms with Crippen molar-refractivity contribution in [2.45, 2.75) is 39.5 Å². The first kappa shape index (κ1) is 16.3. The summed E-state index contributed by atoms with van der Waals surface area (Å²) < 4.78 is 10.6. The Labute approximate surface area is 121 Å². The maximum atomic E-state index is 11.4. The van der Waals surface area contributed by atoms with E-state index in [1.54, 1.807) is 6.08 Å². The summed E-state index contributed by atoms with van der Waals surface area (Å²) in [6.45, 7) is 5.43. The van der Waals surface area contributed by atoms with Gasteiger partial charge in [0.05, 0.1) is 13.2 Å². The fourth-order valence-corrected chi connectivity index (χ4v) is 1.54. The monoisotopic (exact) mass is 276 g/mol. The van der Waals surface area contributed by atoms with E-state index < -0.39 is 0 Å². The highest BCUT2D eigenvalue weighted by Gasteiger charge is 1.97. The molecule has 0 radical (unpaired) electrons. The molecular weight excluding hydrogens is 252 g/mol. The van der Waals surface area contributed by atoms with Gasteiger partial charge in [-0.25, -0.2) is 4.79 Å². The average molecular weight is 276 g/mol. The van der Waals surface area contributed by atoms with Crippen LogP contribution in [0.4, 0.5) is 0 Å². The predicted molar refractivity (Wildman–Crippen MR) is 81.7 cm³/mol. The van der Waals surface area contributed by atoms with E-state index in [9.17, 15) is 4.79 Å². The van der Waals surface area contributed by atoms with Crippen LogP contribution in [0.1, 0.15) is 45.1 Å². The van der Waals surface area contributed by atoms with Gasteiger partial charge in [0.1, 0.15) is 5.75 Å². The van der Waals surface area contributed by atoms with Gasteiger partial charge in [0.2, 0.25) is 0 Å². The molecule has 0 spiro atoms. The fourth-order valence-electron chi connectivity index (χ4n) is 1.54. The molecule has 3 heteroatoms. The van der Waals surface area contributed by atoms with E-state index in [2.05, 4.69) is 13.8 Å². The van der Waals surface area contributed by atoms with E-state index in [1.165, 1.54) is 6.08 Å². The Hall–Kier alpha value is -1.77. The molecular formula is C17H24O3. The van der Waals surface area contributed by atoms with Crippen LogP contribution in [0.3, 0.4) is 0 Å². The Morgan fingerprint density at radius 1 is 1.05 bits per heavy atom. The summed E-state index contributed by atoms with van der Waals surface area (Å²) >= 11 is 0. The van der Waals surface area contributed by atoms with Crippen molar-refractivity contribution in [2.24, 2.45) is 0 Å². The first-order chi connectivity index (χ1) is 9.76. The molecule has 0 bridgehead atoms. The third-order valence-electron chi connectivity index (χ3n) is 2.80. The zero-order chi connectivity index (χ0) is 14.6. The second kappa shape index (κ2) is 10.1. The van der Waals surface area contributed by atoms with Crippen LogP contribution >= 0.6 is 0 Å². The number of esters is 1. The van der Waals surface area contributed by atoms with Crippen LogP contribution in [-0.4, -0.2) is 19.2 Å². The second-order valence-corrected chi connectivity index (χ2v) is 4.63. The molecule has 0 unspecified atom stereocenters. The average Bonchev–Trinajstić information content (AvgIpc) is 2.47. The SMILES string of the molecule is CCCCOC(=O)C=Cc1ccc(OCCCC)cc1. The normalized spacial score (nSPS) is 10.7. The first-order valence-corrected chi connectivity index (χ1v) is 7.34. The van der Waals surface area contributed by atoms with Crippen molar-refractivity contribution in [2.75, 3.05) is 13.2 Å². The molecule has 3 nitrogen and oxygen atoms in total. The van der Waals surface area contributed by atoms with Gasteiger partial charge in [-0.15, -0.1) is 0 Å². The molecule has 0 N–H and O–H groups in total. The number of rotatable bonds is 9. The van der Waals surface area contributed by atoms with Crippen molar-refractivity contribution in [3.8, 4) is 5.75 Å². The molecule has 0 aliphatic carbocycles. The molecule has 0 fully saturated rings. The predicted octanol–water partition coefficient (Wildman–Crippen LogP) is 4.22. The summed E-state index contributed by atoms with van der Waals surface area (Å²) in [5, 5.41) is 0. The molecule has 0 saturated carbocycles. The number of carbonyl (C=O) groups is 1. The Balaban J connectivity index is 2.38. The Kier molecular flexibility index (Phi) is 8.20. The number of hydrogen-bond donors (Lipinski definition) is 0. The summed E-state index contributed by atoms with van der Waals surface area (Å²) in [5.74, 6) is 0.572. The Morgan fingerprint density at radius 2 is 1.70 bits per heavy atom. The van der Waals surface area contributed by atoms with E-state index in [4.69, 9.17) is 9.47 Å². The largest absolute Gasteiger partial charge is 0.494 e. The lowest BCUT2D eigenvalue weighted by atomic mass is 10.2. The maximum Gasteiger partial charge on any atom is 0.330 e. The van der Waals surface area contributed by atoms with Crippen LogP contribution in [0.5, 0.6) is 5.75 Å². The fraction of sp³-hybridized carbons (Fsp3) is 0.471. The number of carbonyl (C=O) groups excluding carboxylic acids is 1. The highest BCUT2D eigenvalue weighted by atomic mass is 16.5. The van der Waals surface area contributed by atoms with Crippen LogP contribution in [-0.2, 0) is 9.53 Å². The molecule has 1 aromatic rings. The van der Waals surface area contributed by atoms with Crippen molar-refractivity contribution >= 4 is 12.0 Å². The highest BCUT2D eigenvalue weighted by molar-refractivity contribution is 5.87. The first-order valence-electron chi connectivity index (χ1n) is 7.34. The summed E-state index contributed by atoms with van der Waals surface area (Å²) in [5.41, 5.74) is 0.959. The summed E-state index contributed by atoms with van der Waals surface area (Å²) in [6.07, 6.45) is 7.33. The molecule has 1 aromatic carbocycles. The maximum absolute atomic E-state index is 11.4. The van der Waals surface area contributed by atoms with E-state index in [1.807, 2.05) is 24.3 Å². The van der Waals surface area contributed by atoms with E-state index in [-0.39, 0.29) is 5.97 Å². The Bertz CT molecular complexity index is 407. The van der Waals surface area contributed by atoms with Gasteiger partial charge in [-0.1, -0.05) is 38.8 Å². The van der Waals surface area contributed by atoms with E-state index in [0.29, 0.717) is 6.61 Å². The van der Waals surface area contributed by atoms with Gasteiger partial charge in [0.15, 0.2) is 0 Å². The third kappa shape index (κ3) is 6.98. The molecule has 0 aromatic heterocycles. The molecule has 0 aliphatic heterocycles. The highest BCUT2D eigenvalue weighted by Crippen LogP contribution is 2.13. The van der Waals surface area contributed by atoms with Crippen molar-refractivity contribution < 1.29 is 14.3 Å². The van der Waals surface area contributed by atoms with Crippen LogP contribution < -0.4 is 4.74 Å².